The van der Waals surface area contributed by atoms with Crippen molar-refractivity contribution < 1.29 is 24.4 Å². The first-order chi connectivity index (χ1) is 8.59. The maximum absolute atomic E-state index is 11.0. The maximum atomic E-state index is 11.0. The van der Waals surface area contributed by atoms with Crippen molar-refractivity contribution in [2.75, 3.05) is 0 Å². The Morgan fingerprint density at radius 2 is 1.72 bits per heavy atom. The minimum atomic E-state index is -1.36. The van der Waals surface area contributed by atoms with Gasteiger partial charge in [-0.15, -0.1) is 0 Å². The van der Waals surface area contributed by atoms with Gasteiger partial charge in [-0.25, -0.2) is 14.6 Å². The van der Waals surface area contributed by atoms with Gasteiger partial charge < -0.3 is 10.2 Å². The van der Waals surface area contributed by atoms with Crippen molar-refractivity contribution in [3.05, 3.63) is 54.1 Å². The SMILES string of the molecule is O=C(O)c1cc(-[n+]2ccccc2)cnc1C(=O)O. The van der Waals surface area contributed by atoms with Gasteiger partial charge in [-0.2, -0.15) is 4.57 Å². The predicted octanol–water partition coefficient (Wildman–Crippen LogP) is 0.755. The molecule has 6 nitrogen and oxygen atoms in total. The van der Waals surface area contributed by atoms with E-state index in [1.54, 1.807) is 29.1 Å². The Bertz CT molecular complexity index is 611. The average molecular weight is 245 g/mol. The van der Waals surface area contributed by atoms with Crippen LogP contribution in [0.3, 0.4) is 0 Å². The highest BCUT2D eigenvalue weighted by Crippen LogP contribution is 2.09. The first-order valence-electron chi connectivity index (χ1n) is 5.03. The van der Waals surface area contributed by atoms with Crippen LogP contribution in [0.5, 0.6) is 0 Å². The molecule has 0 aromatic carbocycles. The van der Waals surface area contributed by atoms with Crippen LogP contribution in [0.15, 0.2) is 42.9 Å². The molecular weight excluding hydrogens is 236 g/mol. The Morgan fingerprint density at radius 3 is 2.28 bits per heavy atom. The molecule has 0 aliphatic carbocycles. The molecule has 6 heteroatoms. The molecule has 0 bridgehead atoms. The van der Waals surface area contributed by atoms with Crippen molar-refractivity contribution in [1.29, 1.82) is 0 Å². The molecule has 0 saturated carbocycles. The minimum absolute atomic E-state index is 0.337. The highest BCUT2D eigenvalue weighted by atomic mass is 16.4. The van der Waals surface area contributed by atoms with E-state index in [9.17, 15) is 9.59 Å². The van der Waals surface area contributed by atoms with Gasteiger partial charge in [-0.05, 0) is 0 Å². The van der Waals surface area contributed by atoms with Crippen LogP contribution in [-0.2, 0) is 0 Å². The van der Waals surface area contributed by atoms with E-state index in [0.717, 1.165) is 0 Å². The first-order valence-corrected chi connectivity index (χ1v) is 5.03. The molecule has 0 fully saturated rings. The average Bonchev–Trinajstić information content (AvgIpc) is 2.39. The summed E-state index contributed by atoms with van der Waals surface area (Å²) in [4.78, 5) is 25.5. The van der Waals surface area contributed by atoms with Crippen molar-refractivity contribution >= 4 is 11.9 Å². The highest BCUT2D eigenvalue weighted by molar-refractivity contribution is 6.00. The number of aromatic nitrogens is 2. The quantitative estimate of drug-likeness (QED) is 0.779. The van der Waals surface area contributed by atoms with Gasteiger partial charge >= 0.3 is 11.9 Å². The molecule has 2 aromatic rings. The van der Waals surface area contributed by atoms with Gasteiger partial charge in [0.05, 0.1) is 11.8 Å². The van der Waals surface area contributed by atoms with Crippen molar-refractivity contribution in [3.63, 3.8) is 0 Å². The van der Waals surface area contributed by atoms with Crippen molar-refractivity contribution in [3.8, 4) is 5.69 Å². The Hall–Kier alpha value is -2.76. The van der Waals surface area contributed by atoms with E-state index in [1.807, 2.05) is 6.07 Å². The molecule has 0 radical (unpaired) electrons. The molecular formula is C12H9N2O4+. The summed E-state index contributed by atoms with van der Waals surface area (Å²) in [5, 5.41) is 17.8. The Morgan fingerprint density at radius 1 is 1.06 bits per heavy atom. The Labute approximate surface area is 102 Å². The summed E-state index contributed by atoms with van der Waals surface area (Å²) < 4.78 is 1.64. The maximum Gasteiger partial charge on any atom is 0.355 e. The van der Waals surface area contributed by atoms with Gasteiger partial charge in [0.1, 0.15) is 0 Å². The molecule has 0 spiro atoms. The molecule has 0 aliphatic rings. The third-order valence-electron chi connectivity index (χ3n) is 2.32. The van der Waals surface area contributed by atoms with Crippen molar-refractivity contribution in [2.45, 2.75) is 0 Å². The number of aromatic carboxylic acids is 2. The van der Waals surface area contributed by atoms with E-state index in [4.69, 9.17) is 10.2 Å². The molecule has 2 rings (SSSR count). The van der Waals surface area contributed by atoms with Crippen LogP contribution >= 0.6 is 0 Å². The smallest absolute Gasteiger partial charge is 0.355 e. The molecule has 0 atom stereocenters. The van der Waals surface area contributed by atoms with Gasteiger partial charge in [0.2, 0.25) is 5.69 Å². The normalized spacial score (nSPS) is 10.0. The molecule has 0 saturated heterocycles. The number of carboxylic acids is 2. The number of hydrogen-bond donors (Lipinski definition) is 2. The highest BCUT2D eigenvalue weighted by Gasteiger charge is 2.20. The van der Waals surface area contributed by atoms with E-state index in [0.29, 0.717) is 5.69 Å². The standard InChI is InChI=1S/C12H8N2O4/c15-11(16)9-6-8(7-13-10(9)12(17)18)14-4-2-1-3-5-14/h1-7H,(H-,15,16,17,18)/p+1. The Balaban J connectivity index is 2.57. The number of pyridine rings is 2. The fourth-order valence-corrected chi connectivity index (χ4v) is 1.50. The van der Waals surface area contributed by atoms with Crippen LogP contribution in [0, 0.1) is 0 Å². The Kier molecular flexibility index (Phi) is 3.01. The molecule has 0 unspecified atom stereocenters. The zero-order valence-electron chi connectivity index (χ0n) is 9.15. The third-order valence-corrected chi connectivity index (χ3v) is 2.32. The fourth-order valence-electron chi connectivity index (χ4n) is 1.50. The van der Waals surface area contributed by atoms with Crippen LogP contribution in [0.1, 0.15) is 20.8 Å². The molecule has 2 N–H and O–H groups in total. The summed E-state index contributed by atoms with van der Waals surface area (Å²) >= 11 is 0. The van der Waals surface area contributed by atoms with Gasteiger partial charge in [0, 0.05) is 18.2 Å². The van der Waals surface area contributed by atoms with Gasteiger partial charge in [-0.3, -0.25) is 0 Å². The summed E-state index contributed by atoms with van der Waals surface area (Å²) in [6.45, 7) is 0. The summed E-state index contributed by atoms with van der Waals surface area (Å²) in [7, 11) is 0. The molecule has 2 heterocycles. The lowest BCUT2D eigenvalue weighted by atomic mass is 10.2. The topological polar surface area (TPSA) is 91.4 Å². The molecule has 90 valence electrons. The van der Waals surface area contributed by atoms with E-state index >= 15 is 0 Å². The monoisotopic (exact) mass is 245 g/mol. The number of rotatable bonds is 3. The van der Waals surface area contributed by atoms with Crippen LogP contribution < -0.4 is 4.57 Å². The lowest BCUT2D eigenvalue weighted by molar-refractivity contribution is -0.596. The summed E-state index contributed by atoms with van der Waals surface area (Å²) in [5.74, 6) is -2.68. The number of nitrogens with zero attached hydrogens (tertiary/aromatic N) is 2. The lowest BCUT2D eigenvalue weighted by Gasteiger charge is -2.01. The summed E-state index contributed by atoms with van der Waals surface area (Å²) in [5.41, 5.74) is -0.322. The van der Waals surface area contributed by atoms with Gasteiger partial charge in [0.25, 0.3) is 0 Å². The largest absolute Gasteiger partial charge is 0.478 e. The van der Waals surface area contributed by atoms with Crippen molar-refractivity contribution in [2.24, 2.45) is 0 Å². The van der Waals surface area contributed by atoms with Crippen LogP contribution in [0.25, 0.3) is 5.69 Å². The van der Waals surface area contributed by atoms with E-state index in [1.165, 1.54) is 12.3 Å². The van der Waals surface area contributed by atoms with Crippen LogP contribution in [-0.4, -0.2) is 27.1 Å². The fraction of sp³-hybridized carbons (Fsp3) is 0. The summed E-state index contributed by atoms with van der Waals surface area (Å²) in [6, 6.07) is 6.63. The van der Waals surface area contributed by atoms with Crippen LogP contribution in [0.4, 0.5) is 0 Å². The zero-order chi connectivity index (χ0) is 13.1. The third kappa shape index (κ3) is 2.17. The van der Waals surface area contributed by atoms with E-state index in [2.05, 4.69) is 4.98 Å². The second kappa shape index (κ2) is 4.62. The number of carbonyl (C=O) groups is 2. The van der Waals surface area contributed by atoms with E-state index < -0.39 is 17.6 Å². The zero-order valence-corrected chi connectivity index (χ0v) is 9.15. The van der Waals surface area contributed by atoms with Crippen molar-refractivity contribution in [1.82, 2.24) is 4.98 Å². The summed E-state index contributed by atoms with van der Waals surface area (Å²) in [6.07, 6.45) is 4.74. The minimum Gasteiger partial charge on any atom is -0.478 e. The predicted molar refractivity (Wildman–Crippen MR) is 59.7 cm³/mol. The molecule has 2 aromatic heterocycles. The number of carboxylic acid groups (broad SMARTS) is 2. The molecule has 0 amide bonds. The van der Waals surface area contributed by atoms with E-state index in [-0.39, 0.29) is 5.56 Å². The van der Waals surface area contributed by atoms with Crippen LogP contribution in [0.2, 0.25) is 0 Å². The first kappa shape index (κ1) is 11.7. The van der Waals surface area contributed by atoms with Gasteiger partial charge in [0.15, 0.2) is 18.1 Å². The van der Waals surface area contributed by atoms with Gasteiger partial charge in [-0.1, -0.05) is 6.07 Å². The second-order valence-electron chi connectivity index (χ2n) is 3.48. The lowest BCUT2D eigenvalue weighted by Crippen LogP contribution is -2.30. The second-order valence-corrected chi connectivity index (χ2v) is 3.48. The molecule has 0 aliphatic heterocycles. The number of hydrogen-bond acceptors (Lipinski definition) is 3. The molecule has 18 heavy (non-hydrogen) atoms.